The topological polar surface area (TPSA) is 94.4 Å². The lowest BCUT2D eigenvalue weighted by Gasteiger charge is -2.33. The lowest BCUT2D eigenvalue weighted by Crippen LogP contribution is -2.48. The number of benzene rings is 1. The van der Waals surface area contributed by atoms with Crippen molar-refractivity contribution >= 4 is 29.9 Å². The van der Waals surface area contributed by atoms with Crippen LogP contribution < -0.4 is 10.6 Å². The molecule has 4 rings (SSSR count). The van der Waals surface area contributed by atoms with Gasteiger partial charge in [-0.05, 0) is 42.7 Å². The maximum Gasteiger partial charge on any atom is 0.216 e. The fourth-order valence-corrected chi connectivity index (χ4v) is 3.58. The Balaban J connectivity index is 0.00000289. The highest BCUT2D eigenvalue weighted by Gasteiger charge is 2.20. The number of nitrogens with one attached hydrogen (secondary N) is 3. The van der Waals surface area contributed by atoms with Gasteiger partial charge in [0.1, 0.15) is 5.82 Å². The molecule has 2 aromatic heterocycles. The van der Waals surface area contributed by atoms with Crippen molar-refractivity contribution in [3.8, 4) is 11.6 Å². The number of guanidine groups is 1. The fraction of sp³-hybridized carbons (Fsp3) is 0.381. The highest BCUT2D eigenvalue weighted by molar-refractivity contribution is 14.0. The summed E-state index contributed by atoms with van der Waals surface area (Å²) in [6.45, 7) is 2.79. The summed E-state index contributed by atoms with van der Waals surface area (Å²) in [5.74, 6) is 0.879. The standard InChI is InChI=1S/C21H25F2N7O.HI/c1-24-21(25-12-19-27-20(29-28-19)18-3-2-10-31-18)26-15-6-8-30(9-7-15)13-14-4-5-16(22)17(23)11-14;/h2-5,10-11,15H,6-9,12-13H2,1H3,(H2,24,25,26)(H,27,28,29);1H. The molecule has 0 bridgehead atoms. The molecule has 0 amide bonds. The second-order valence-corrected chi connectivity index (χ2v) is 7.45. The molecule has 0 spiro atoms. The molecule has 0 aliphatic carbocycles. The van der Waals surface area contributed by atoms with Crippen LogP contribution in [0.15, 0.2) is 46.0 Å². The highest BCUT2D eigenvalue weighted by atomic mass is 127. The molecule has 172 valence electrons. The third-order valence-corrected chi connectivity index (χ3v) is 5.24. The van der Waals surface area contributed by atoms with Gasteiger partial charge in [0.25, 0.3) is 0 Å². The van der Waals surface area contributed by atoms with Crippen molar-refractivity contribution in [2.24, 2.45) is 4.99 Å². The van der Waals surface area contributed by atoms with Crippen molar-refractivity contribution in [1.29, 1.82) is 0 Å². The van der Waals surface area contributed by atoms with E-state index >= 15 is 0 Å². The van der Waals surface area contributed by atoms with E-state index in [4.69, 9.17) is 4.42 Å². The van der Waals surface area contributed by atoms with Crippen LogP contribution in [0.5, 0.6) is 0 Å². The zero-order valence-electron chi connectivity index (χ0n) is 17.6. The zero-order valence-corrected chi connectivity index (χ0v) is 20.0. The Morgan fingerprint density at radius 3 is 2.75 bits per heavy atom. The van der Waals surface area contributed by atoms with Gasteiger partial charge in [-0.2, -0.15) is 0 Å². The smallest absolute Gasteiger partial charge is 0.216 e. The molecule has 8 nitrogen and oxygen atoms in total. The van der Waals surface area contributed by atoms with E-state index < -0.39 is 11.6 Å². The van der Waals surface area contributed by atoms with E-state index in [0.717, 1.165) is 31.5 Å². The number of halogens is 3. The van der Waals surface area contributed by atoms with E-state index in [-0.39, 0.29) is 30.0 Å². The van der Waals surface area contributed by atoms with Crippen molar-refractivity contribution < 1.29 is 13.2 Å². The molecule has 1 aromatic carbocycles. The molecule has 1 aliphatic heterocycles. The molecular formula is C21H26F2IN7O. The van der Waals surface area contributed by atoms with Gasteiger partial charge >= 0.3 is 0 Å². The van der Waals surface area contributed by atoms with Crippen LogP contribution in [0, 0.1) is 11.6 Å². The first-order valence-corrected chi connectivity index (χ1v) is 10.2. The minimum Gasteiger partial charge on any atom is -0.461 e. The molecule has 1 saturated heterocycles. The maximum atomic E-state index is 13.4. The summed E-state index contributed by atoms with van der Waals surface area (Å²) in [7, 11) is 1.72. The van der Waals surface area contributed by atoms with Gasteiger partial charge in [0.15, 0.2) is 23.4 Å². The minimum atomic E-state index is -0.812. The van der Waals surface area contributed by atoms with Crippen molar-refractivity contribution in [2.45, 2.75) is 32.0 Å². The lowest BCUT2D eigenvalue weighted by atomic mass is 10.0. The Morgan fingerprint density at radius 2 is 2.06 bits per heavy atom. The zero-order chi connectivity index (χ0) is 21.6. The number of likely N-dealkylation sites (tertiary alicyclic amines) is 1. The molecule has 3 heterocycles. The van der Waals surface area contributed by atoms with Gasteiger partial charge in [-0.3, -0.25) is 15.0 Å². The third-order valence-electron chi connectivity index (χ3n) is 5.24. The van der Waals surface area contributed by atoms with Crippen LogP contribution in [0.2, 0.25) is 0 Å². The molecule has 0 unspecified atom stereocenters. The quantitative estimate of drug-likeness (QED) is 0.245. The average molecular weight is 557 g/mol. The minimum absolute atomic E-state index is 0. The number of nitrogens with zero attached hydrogens (tertiary/aromatic N) is 4. The van der Waals surface area contributed by atoms with Crippen LogP contribution in [0.1, 0.15) is 24.2 Å². The normalized spacial score (nSPS) is 15.4. The van der Waals surface area contributed by atoms with Gasteiger partial charge < -0.3 is 15.1 Å². The van der Waals surface area contributed by atoms with Gasteiger partial charge in [0.05, 0.1) is 12.8 Å². The molecule has 3 N–H and O–H groups in total. The predicted molar refractivity (Wildman–Crippen MR) is 127 cm³/mol. The summed E-state index contributed by atoms with van der Waals surface area (Å²) in [5, 5.41) is 13.7. The average Bonchev–Trinajstić information content (AvgIpc) is 3.47. The molecular weight excluding hydrogens is 531 g/mol. The Hall–Kier alpha value is -2.54. The number of hydrogen-bond acceptors (Lipinski definition) is 5. The molecule has 0 radical (unpaired) electrons. The number of furan rings is 1. The molecule has 0 saturated carbocycles. The first-order valence-electron chi connectivity index (χ1n) is 10.2. The van der Waals surface area contributed by atoms with Crippen molar-refractivity contribution in [1.82, 2.24) is 30.7 Å². The Labute approximate surface area is 201 Å². The lowest BCUT2D eigenvalue weighted by molar-refractivity contribution is 0.198. The van der Waals surface area contributed by atoms with Crippen LogP contribution in [0.25, 0.3) is 11.6 Å². The van der Waals surface area contributed by atoms with Crippen LogP contribution in [-0.2, 0) is 13.1 Å². The summed E-state index contributed by atoms with van der Waals surface area (Å²) in [6, 6.07) is 7.96. The van der Waals surface area contributed by atoms with Crippen molar-refractivity contribution in [3.05, 3.63) is 59.6 Å². The Bertz CT molecular complexity index is 1020. The first kappa shape index (κ1) is 24.1. The fourth-order valence-electron chi connectivity index (χ4n) is 3.58. The number of aromatic amines is 1. The second kappa shape index (κ2) is 11.4. The number of aliphatic imine (C=N–C) groups is 1. The molecule has 11 heteroatoms. The maximum absolute atomic E-state index is 13.4. The van der Waals surface area contributed by atoms with E-state index in [1.807, 2.05) is 0 Å². The van der Waals surface area contributed by atoms with E-state index in [9.17, 15) is 8.78 Å². The largest absolute Gasteiger partial charge is 0.461 e. The van der Waals surface area contributed by atoms with Gasteiger partial charge in [-0.1, -0.05) is 6.07 Å². The SMILES string of the molecule is CN=C(NCc1nc(-c2ccco2)n[nH]1)NC1CCN(Cc2ccc(F)c(F)c2)CC1.I. The summed E-state index contributed by atoms with van der Waals surface area (Å²) in [4.78, 5) is 10.9. The summed E-state index contributed by atoms with van der Waals surface area (Å²) in [5.41, 5.74) is 0.781. The summed E-state index contributed by atoms with van der Waals surface area (Å²) in [6.07, 6.45) is 3.43. The van der Waals surface area contributed by atoms with E-state index in [2.05, 4.69) is 35.7 Å². The van der Waals surface area contributed by atoms with Crippen LogP contribution in [0.3, 0.4) is 0 Å². The van der Waals surface area contributed by atoms with Gasteiger partial charge in [-0.25, -0.2) is 13.8 Å². The monoisotopic (exact) mass is 557 g/mol. The number of H-pyrrole nitrogens is 1. The third kappa shape index (κ3) is 6.25. The number of piperidine rings is 1. The van der Waals surface area contributed by atoms with Crippen LogP contribution in [0.4, 0.5) is 8.78 Å². The molecule has 3 aromatic rings. The molecule has 1 aliphatic rings. The van der Waals surface area contributed by atoms with Crippen molar-refractivity contribution in [2.75, 3.05) is 20.1 Å². The van der Waals surface area contributed by atoms with Crippen LogP contribution >= 0.6 is 24.0 Å². The Kier molecular flexibility index (Phi) is 8.56. The molecule has 32 heavy (non-hydrogen) atoms. The van der Waals surface area contributed by atoms with Crippen LogP contribution in [-0.4, -0.2) is 52.2 Å². The van der Waals surface area contributed by atoms with Crippen molar-refractivity contribution in [3.63, 3.8) is 0 Å². The number of hydrogen-bond donors (Lipinski definition) is 3. The van der Waals surface area contributed by atoms with E-state index in [0.29, 0.717) is 36.5 Å². The molecule has 0 atom stereocenters. The summed E-state index contributed by atoms with van der Waals surface area (Å²) < 4.78 is 31.8. The van der Waals surface area contributed by atoms with Gasteiger partial charge in [0, 0.05) is 32.7 Å². The predicted octanol–water partition coefficient (Wildman–Crippen LogP) is 3.29. The Morgan fingerprint density at radius 1 is 1.25 bits per heavy atom. The number of aromatic nitrogens is 3. The molecule has 1 fully saturated rings. The van der Waals surface area contributed by atoms with Gasteiger partial charge in [-0.15, -0.1) is 29.1 Å². The van der Waals surface area contributed by atoms with E-state index in [1.54, 1.807) is 31.5 Å². The summed E-state index contributed by atoms with van der Waals surface area (Å²) >= 11 is 0. The number of rotatable bonds is 6. The van der Waals surface area contributed by atoms with Gasteiger partial charge in [0.2, 0.25) is 5.82 Å². The van der Waals surface area contributed by atoms with E-state index in [1.165, 1.54) is 12.1 Å². The first-order chi connectivity index (χ1) is 15.1. The second-order valence-electron chi connectivity index (χ2n) is 7.45. The highest BCUT2D eigenvalue weighted by Crippen LogP contribution is 2.16.